The Bertz CT molecular complexity index is 334. The average Bonchev–Trinajstić information content (AvgIpc) is 2.20. The van der Waals surface area contributed by atoms with Crippen LogP contribution in [0.25, 0.3) is 0 Å². The summed E-state index contributed by atoms with van der Waals surface area (Å²) in [7, 11) is 0. The molecule has 0 aliphatic rings. The third kappa shape index (κ3) is 4.15. The Morgan fingerprint density at radius 1 is 1.31 bits per heavy atom. The van der Waals surface area contributed by atoms with Gasteiger partial charge in [-0.2, -0.15) is 0 Å². The fourth-order valence-electron chi connectivity index (χ4n) is 2.06. The normalized spacial score (nSPS) is 13.1. The molecule has 90 valence electrons. The molecule has 0 saturated heterocycles. The maximum atomic E-state index is 6.23. The van der Waals surface area contributed by atoms with E-state index in [4.69, 9.17) is 17.3 Å². The van der Waals surface area contributed by atoms with Crippen molar-refractivity contribution in [1.82, 2.24) is 0 Å². The van der Waals surface area contributed by atoms with Crippen LogP contribution in [0.4, 0.5) is 0 Å². The van der Waals surface area contributed by atoms with E-state index in [1.165, 1.54) is 17.5 Å². The van der Waals surface area contributed by atoms with Gasteiger partial charge in [0.2, 0.25) is 0 Å². The van der Waals surface area contributed by atoms with Crippen molar-refractivity contribution < 1.29 is 0 Å². The van der Waals surface area contributed by atoms with Crippen LogP contribution in [0.5, 0.6) is 0 Å². The number of halogens is 1. The van der Waals surface area contributed by atoms with E-state index in [2.05, 4.69) is 32.9 Å². The summed E-state index contributed by atoms with van der Waals surface area (Å²) in [6.07, 6.45) is 2.16. The van der Waals surface area contributed by atoms with Crippen molar-refractivity contribution in [3.8, 4) is 0 Å². The molecule has 0 aliphatic heterocycles. The van der Waals surface area contributed by atoms with Gasteiger partial charge in [-0.25, -0.2) is 0 Å². The largest absolute Gasteiger partial charge is 0.330 e. The summed E-state index contributed by atoms with van der Waals surface area (Å²) >= 11 is 6.23. The van der Waals surface area contributed by atoms with Gasteiger partial charge in [-0.3, -0.25) is 0 Å². The van der Waals surface area contributed by atoms with Gasteiger partial charge in [0, 0.05) is 5.02 Å². The second kappa shape index (κ2) is 6.27. The van der Waals surface area contributed by atoms with Gasteiger partial charge in [0.15, 0.2) is 0 Å². The van der Waals surface area contributed by atoms with Crippen LogP contribution in [0.1, 0.15) is 31.4 Å². The molecule has 0 amide bonds. The number of benzene rings is 1. The zero-order chi connectivity index (χ0) is 12.1. The molecule has 0 fully saturated rings. The van der Waals surface area contributed by atoms with Crippen molar-refractivity contribution in [1.29, 1.82) is 0 Å². The Hall–Kier alpha value is -0.530. The molecule has 16 heavy (non-hydrogen) atoms. The smallest absolute Gasteiger partial charge is 0.0440 e. The maximum absolute atomic E-state index is 6.23. The van der Waals surface area contributed by atoms with Gasteiger partial charge in [-0.1, -0.05) is 37.6 Å². The summed E-state index contributed by atoms with van der Waals surface area (Å²) in [6, 6.07) is 6.27. The maximum Gasteiger partial charge on any atom is 0.0440 e. The highest BCUT2D eigenvalue weighted by Crippen LogP contribution is 2.23. The number of nitrogens with two attached hydrogens (primary N) is 1. The molecule has 0 spiro atoms. The molecular formula is C14H22ClN. The van der Waals surface area contributed by atoms with Gasteiger partial charge in [0.05, 0.1) is 0 Å². The number of rotatable bonds is 5. The van der Waals surface area contributed by atoms with E-state index in [9.17, 15) is 0 Å². The molecule has 1 rings (SSSR count). The molecule has 2 heteroatoms. The van der Waals surface area contributed by atoms with E-state index in [-0.39, 0.29) is 0 Å². The highest BCUT2D eigenvalue weighted by Gasteiger charge is 2.12. The van der Waals surface area contributed by atoms with Crippen LogP contribution >= 0.6 is 11.6 Å². The Morgan fingerprint density at radius 2 is 2.00 bits per heavy atom. The lowest BCUT2D eigenvalue weighted by Gasteiger charge is -2.17. The Kier molecular flexibility index (Phi) is 5.30. The summed E-state index contributed by atoms with van der Waals surface area (Å²) in [5.74, 6) is 1.23. The molecular weight excluding hydrogens is 218 g/mol. The third-order valence-electron chi connectivity index (χ3n) is 2.86. The summed E-state index contributed by atoms with van der Waals surface area (Å²) in [5.41, 5.74) is 8.24. The zero-order valence-electron chi connectivity index (χ0n) is 10.5. The Labute approximate surface area is 104 Å². The van der Waals surface area contributed by atoms with Gasteiger partial charge in [-0.15, -0.1) is 0 Å². The van der Waals surface area contributed by atoms with Gasteiger partial charge < -0.3 is 5.73 Å². The van der Waals surface area contributed by atoms with Crippen LogP contribution in [0, 0.1) is 18.8 Å². The SMILES string of the molecule is Cc1ccc(CC(CN)CC(C)C)c(Cl)c1. The molecule has 1 aromatic rings. The summed E-state index contributed by atoms with van der Waals surface area (Å²) in [6.45, 7) is 7.27. The van der Waals surface area contributed by atoms with Gasteiger partial charge in [-0.05, 0) is 55.3 Å². The topological polar surface area (TPSA) is 26.0 Å². The molecule has 0 aliphatic carbocycles. The summed E-state index contributed by atoms with van der Waals surface area (Å²) < 4.78 is 0. The predicted octanol–water partition coefficient (Wildman–Crippen LogP) is 3.81. The van der Waals surface area contributed by atoms with Crippen molar-refractivity contribution in [3.63, 3.8) is 0 Å². The average molecular weight is 240 g/mol. The molecule has 0 radical (unpaired) electrons. The van der Waals surface area contributed by atoms with Gasteiger partial charge in [0.25, 0.3) is 0 Å². The molecule has 2 N–H and O–H groups in total. The van der Waals surface area contributed by atoms with Crippen LogP contribution in [-0.2, 0) is 6.42 Å². The summed E-state index contributed by atoms with van der Waals surface area (Å²) in [5, 5.41) is 0.877. The molecule has 1 nitrogen and oxygen atoms in total. The lowest BCUT2D eigenvalue weighted by molar-refractivity contribution is 0.415. The second-order valence-electron chi connectivity index (χ2n) is 5.03. The first kappa shape index (κ1) is 13.5. The zero-order valence-corrected chi connectivity index (χ0v) is 11.2. The highest BCUT2D eigenvalue weighted by atomic mass is 35.5. The van der Waals surface area contributed by atoms with E-state index in [0.717, 1.165) is 18.0 Å². The third-order valence-corrected chi connectivity index (χ3v) is 3.21. The van der Waals surface area contributed by atoms with E-state index in [1.807, 2.05) is 6.07 Å². The Balaban J connectivity index is 2.70. The van der Waals surface area contributed by atoms with Crippen LogP contribution in [0.3, 0.4) is 0 Å². The standard InChI is InChI=1S/C14H22ClN/c1-10(2)6-12(9-16)8-13-5-4-11(3)7-14(13)15/h4-5,7,10,12H,6,8-9,16H2,1-3H3. The van der Waals surface area contributed by atoms with E-state index in [1.54, 1.807) is 0 Å². The number of aryl methyl sites for hydroxylation is 1. The molecule has 1 unspecified atom stereocenters. The fraction of sp³-hybridized carbons (Fsp3) is 0.571. The quantitative estimate of drug-likeness (QED) is 0.831. The molecule has 0 aromatic heterocycles. The molecule has 0 saturated carbocycles. The minimum atomic E-state index is 0.542. The lowest BCUT2D eigenvalue weighted by Crippen LogP contribution is -2.19. The Morgan fingerprint density at radius 3 is 2.50 bits per heavy atom. The van der Waals surface area contributed by atoms with Crippen molar-refractivity contribution in [2.75, 3.05) is 6.54 Å². The van der Waals surface area contributed by atoms with E-state index >= 15 is 0 Å². The van der Waals surface area contributed by atoms with Crippen LogP contribution in [0.2, 0.25) is 5.02 Å². The fourth-order valence-corrected chi connectivity index (χ4v) is 2.37. The minimum Gasteiger partial charge on any atom is -0.330 e. The van der Waals surface area contributed by atoms with Crippen molar-refractivity contribution >= 4 is 11.6 Å². The second-order valence-corrected chi connectivity index (χ2v) is 5.44. The molecule has 0 bridgehead atoms. The molecule has 0 heterocycles. The van der Waals surface area contributed by atoms with Crippen LogP contribution in [0.15, 0.2) is 18.2 Å². The van der Waals surface area contributed by atoms with Crippen molar-refractivity contribution in [2.24, 2.45) is 17.6 Å². The van der Waals surface area contributed by atoms with Crippen molar-refractivity contribution in [3.05, 3.63) is 34.3 Å². The molecule has 1 atom stereocenters. The van der Waals surface area contributed by atoms with Gasteiger partial charge >= 0.3 is 0 Å². The highest BCUT2D eigenvalue weighted by molar-refractivity contribution is 6.31. The lowest BCUT2D eigenvalue weighted by atomic mass is 9.91. The van der Waals surface area contributed by atoms with Gasteiger partial charge in [0.1, 0.15) is 0 Å². The van der Waals surface area contributed by atoms with Crippen LogP contribution in [-0.4, -0.2) is 6.54 Å². The number of hydrogen-bond acceptors (Lipinski definition) is 1. The minimum absolute atomic E-state index is 0.542. The van der Waals surface area contributed by atoms with Crippen molar-refractivity contribution in [2.45, 2.75) is 33.6 Å². The first-order chi connectivity index (χ1) is 7.52. The molecule has 1 aromatic carbocycles. The first-order valence-electron chi connectivity index (χ1n) is 5.98. The predicted molar refractivity (Wildman–Crippen MR) is 71.9 cm³/mol. The van der Waals surface area contributed by atoms with E-state index in [0.29, 0.717) is 11.8 Å². The monoisotopic (exact) mass is 239 g/mol. The number of hydrogen-bond donors (Lipinski definition) is 1. The first-order valence-corrected chi connectivity index (χ1v) is 6.35. The van der Waals surface area contributed by atoms with E-state index < -0.39 is 0 Å². The summed E-state index contributed by atoms with van der Waals surface area (Å²) in [4.78, 5) is 0. The van der Waals surface area contributed by atoms with Crippen LogP contribution < -0.4 is 5.73 Å².